The summed E-state index contributed by atoms with van der Waals surface area (Å²) in [5.74, 6) is -0.901. The normalized spacial score (nSPS) is 12.9. The van der Waals surface area contributed by atoms with Gasteiger partial charge in [-0.05, 0) is 59.2 Å². The van der Waals surface area contributed by atoms with E-state index in [1.165, 1.54) is 59.5 Å². The molecule has 4 aromatic rings. The first kappa shape index (κ1) is 35.2. The summed E-state index contributed by atoms with van der Waals surface area (Å²) in [5, 5.41) is 11.0. The molecule has 0 aliphatic rings. The summed E-state index contributed by atoms with van der Waals surface area (Å²) in [5.41, 5.74) is -0.732. The summed E-state index contributed by atoms with van der Waals surface area (Å²) in [6.07, 6.45) is -20.3. The molecule has 0 fully saturated rings. The summed E-state index contributed by atoms with van der Waals surface area (Å²) in [4.78, 5) is 1.40. The highest BCUT2D eigenvalue weighted by Gasteiger charge is 2.44. The number of ether oxygens (including phenoxy) is 3. The van der Waals surface area contributed by atoms with E-state index in [-0.39, 0.29) is 30.2 Å². The van der Waals surface area contributed by atoms with Crippen molar-refractivity contribution in [2.45, 2.75) is 44.3 Å². The van der Waals surface area contributed by atoms with E-state index in [1.54, 1.807) is 0 Å². The van der Waals surface area contributed by atoms with Gasteiger partial charge in [-0.2, -0.15) is 30.7 Å². The van der Waals surface area contributed by atoms with Crippen LogP contribution in [0.3, 0.4) is 0 Å². The summed E-state index contributed by atoms with van der Waals surface area (Å²) in [6.45, 7) is -0.910. The minimum atomic E-state index is -4.90. The Labute approximate surface area is 261 Å². The molecule has 4 rings (SSSR count). The molecule has 0 spiro atoms. The SMILES string of the molecule is OC(CN(Cc1cccc(OC(F)(F)C(F)F)c1)c1cccc(OCc2cccc(OC(F)(F)F)c2)c1)c1ccccc1C(F)(F)F. The van der Waals surface area contributed by atoms with Gasteiger partial charge in [-0.3, -0.25) is 0 Å². The van der Waals surface area contributed by atoms with Crippen LogP contribution in [0, 0.1) is 0 Å². The predicted octanol–water partition coefficient (Wildman–Crippen LogP) is 9.16. The molecule has 1 atom stereocenters. The van der Waals surface area contributed by atoms with E-state index in [4.69, 9.17) is 4.74 Å². The third-order valence-electron chi connectivity index (χ3n) is 6.52. The van der Waals surface area contributed by atoms with E-state index in [0.717, 1.165) is 42.5 Å². The first-order valence-electron chi connectivity index (χ1n) is 13.6. The third-order valence-corrected chi connectivity index (χ3v) is 6.52. The fourth-order valence-electron chi connectivity index (χ4n) is 4.51. The van der Waals surface area contributed by atoms with E-state index >= 15 is 0 Å². The molecule has 1 unspecified atom stereocenters. The molecule has 252 valence electrons. The van der Waals surface area contributed by atoms with Crippen molar-refractivity contribution in [3.8, 4) is 17.2 Å². The molecule has 0 radical (unpaired) electrons. The Morgan fingerprint density at radius 3 is 1.91 bits per heavy atom. The van der Waals surface area contributed by atoms with Gasteiger partial charge in [0, 0.05) is 24.8 Å². The minimum absolute atomic E-state index is 0.175. The van der Waals surface area contributed by atoms with E-state index in [9.17, 15) is 49.0 Å². The molecule has 0 bridgehead atoms. The van der Waals surface area contributed by atoms with Crippen molar-refractivity contribution in [1.29, 1.82) is 0 Å². The van der Waals surface area contributed by atoms with Crippen molar-refractivity contribution in [2.75, 3.05) is 11.4 Å². The number of halogens is 10. The van der Waals surface area contributed by atoms with Crippen molar-refractivity contribution in [2.24, 2.45) is 0 Å². The molecule has 47 heavy (non-hydrogen) atoms. The van der Waals surface area contributed by atoms with Crippen molar-refractivity contribution in [3.63, 3.8) is 0 Å². The molecule has 15 heteroatoms. The van der Waals surface area contributed by atoms with Crippen molar-refractivity contribution < 1.29 is 63.2 Å². The van der Waals surface area contributed by atoms with Gasteiger partial charge < -0.3 is 24.2 Å². The number of alkyl halides is 10. The number of aliphatic hydroxyl groups is 1. The molecule has 4 aromatic carbocycles. The van der Waals surface area contributed by atoms with E-state index < -0.39 is 60.3 Å². The lowest BCUT2D eigenvalue weighted by atomic mass is 10.0. The van der Waals surface area contributed by atoms with Crippen LogP contribution in [0.15, 0.2) is 97.1 Å². The summed E-state index contributed by atoms with van der Waals surface area (Å²) >= 11 is 0. The second-order valence-electron chi connectivity index (χ2n) is 10.1. The number of anilines is 1. The zero-order valence-corrected chi connectivity index (χ0v) is 23.9. The molecule has 5 nitrogen and oxygen atoms in total. The fraction of sp³-hybridized carbons (Fsp3) is 0.250. The number of benzene rings is 4. The summed E-state index contributed by atoms with van der Waals surface area (Å²) in [6, 6.07) is 20.1. The number of nitrogens with zero attached hydrogens (tertiary/aromatic N) is 1. The number of hydrogen-bond acceptors (Lipinski definition) is 5. The Morgan fingerprint density at radius 2 is 1.26 bits per heavy atom. The number of hydrogen-bond donors (Lipinski definition) is 1. The Bertz CT molecular complexity index is 1630. The highest BCUT2D eigenvalue weighted by atomic mass is 19.4. The molecule has 1 N–H and O–H groups in total. The zero-order chi connectivity index (χ0) is 34.4. The topological polar surface area (TPSA) is 51.2 Å². The minimum Gasteiger partial charge on any atom is -0.489 e. The van der Waals surface area contributed by atoms with Gasteiger partial charge in [-0.15, -0.1) is 13.2 Å². The Hall–Kier alpha value is -4.66. The molecule has 0 heterocycles. The Morgan fingerprint density at radius 1 is 0.660 bits per heavy atom. The van der Waals surface area contributed by atoms with Crippen LogP contribution in [0.25, 0.3) is 0 Å². The maximum absolute atomic E-state index is 13.7. The number of aliphatic hydroxyl groups excluding tert-OH is 1. The molecular weight excluding hydrogens is 652 g/mol. The van der Waals surface area contributed by atoms with Gasteiger partial charge in [-0.1, -0.05) is 48.5 Å². The monoisotopic (exact) mass is 677 g/mol. The van der Waals surface area contributed by atoms with Crippen molar-refractivity contribution in [1.82, 2.24) is 0 Å². The molecule has 0 amide bonds. The maximum Gasteiger partial charge on any atom is 0.573 e. The standard InChI is InChI=1S/C32H25F10NO4/c33-29(34)31(38,39)46-24-10-3-6-20(14-24)17-43(18-28(44)26-12-1-2-13-27(26)30(35,36)37)22-8-5-9-23(16-22)45-19-21-7-4-11-25(15-21)47-32(40,41)42/h1-16,28-29,44H,17-19H2. The van der Waals surface area contributed by atoms with Crippen LogP contribution in [0.4, 0.5) is 49.6 Å². The molecule has 0 aliphatic carbocycles. The molecule has 0 aromatic heterocycles. The van der Waals surface area contributed by atoms with Gasteiger partial charge in [-0.25, -0.2) is 0 Å². The van der Waals surface area contributed by atoms with Gasteiger partial charge in [0.15, 0.2) is 0 Å². The highest BCUT2D eigenvalue weighted by molar-refractivity contribution is 5.52. The van der Waals surface area contributed by atoms with Crippen molar-refractivity contribution >= 4 is 5.69 Å². The third kappa shape index (κ3) is 10.2. The van der Waals surface area contributed by atoms with Crippen LogP contribution in [0.5, 0.6) is 17.2 Å². The average Bonchev–Trinajstić information content (AvgIpc) is 2.98. The highest BCUT2D eigenvalue weighted by Crippen LogP contribution is 2.36. The second kappa shape index (κ2) is 14.4. The van der Waals surface area contributed by atoms with Crippen molar-refractivity contribution in [3.05, 3.63) is 119 Å². The van der Waals surface area contributed by atoms with Crippen LogP contribution in [-0.2, 0) is 19.3 Å². The lowest BCUT2D eigenvalue weighted by molar-refractivity contribution is -0.274. The summed E-state index contributed by atoms with van der Waals surface area (Å²) in [7, 11) is 0. The second-order valence-corrected chi connectivity index (χ2v) is 10.1. The molecule has 0 saturated carbocycles. The fourth-order valence-corrected chi connectivity index (χ4v) is 4.51. The van der Waals surface area contributed by atoms with Crippen LogP contribution < -0.4 is 19.1 Å². The van der Waals surface area contributed by atoms with Crippen LogP contribution in [-0.4, -0.2) is 30.5 Å². The largest absolute Gasteiger partial charge is 0.573 e. The predicted molar refractivity (Wildman–Crippen MR) is 149 cm³/mol. The first-order valence-corrected chi connectivity index (χ1v) is 13.6. The smallest absolute Gasteiger partial charge is 0.489 e. The zero-order valence-electron chi connectivity index (χ0n) is 23.9. The first-order chi connectivity index (χ1) is 22.0. The van der Waals surface area contributed by atoms with Crippen LogP contribution in [0.2, 0.25) is 0 Å². The van der Waals surface area contributed by atoms with E-state index in [0.29, 0.717) is 5.56 Å². The average molecular weight is 678 g/mol. The lowest BCUT2D eigenvalue weighted by Crippen LogP contribution is -2.33. The van der Waals surface area contributed by atoms with Crippen LogP contribution >= 0.6 is 0 Å². The number of rotatable bonds is 13. The quantitative estimate of drug-likeness (QED) is 0.143. The van der Waals surface area contributed by atoms with Gasteiger partial charge in [0.25, 0.3) is 0 Å². The molecule has 0 aliphatic heterocycles. The van der Waals surface area contributed by atoms with E-state index in [1.807, 2.05) is 0 Å². The van der Waals surface area contributed by atoms with Crippen LogP contribution in [0.1, 0.15) is 28.4 Å². The Balaban J connectivity index is 1.62. The molecular formula is C32H25F10NO4. The van der Waals surface area contributed by atoms with Gasteiger partial charge in [0.2, 0.25) is 0 Å². The van der Waals surface area contributed by atoms with Gasteiger partial charge in [0.05, 0.1) is 11.7 Å². The Kier molecular flexibility index (Phi) is 10.8. The van der Waals surface area contributed by atoms with Gasteiger partial charge in [0.1, 0.15) is 23.9 Å². The van der Waals surface area contributed by atoms with E-state index in [2.05, 4.69) is 9.47 Å². The maximum atomic E-state index is 13.7. The summed E-state index contributed by atoms with van der Waals surface area (Å²) < 4.78 is 145. The lowest BCUT2D eigenvalue weighted by Gasteiger charge is -2.29. The van der Waals surface area contributed by atoms with Gasteiger partial charge >= 0.3 is 25.1 Å². The molecule has 0 saturated heterocycles.